The van der Waals surface area contributed by atoms with Crippen LogP contribution in [0.3, 0.4) is 0 Å². The molecule has 0 fully saturated rings. The largest absolute Gasteiger partial charge is 0.493 e. The molecular formula is C22H29N9O. The minimum Gasteiger partial charge on any atom is -0.493 e. The quantitative estimate of drug-likeness (QED) is 0.473. The Kier molecular flexibility index (Phi) is 5.50. The molecule has 2 atom stereocenters. The molecule has 2 aliphatic heterocycles. The van der Waals surface area contributed by atoms with Crippen molar-refractivity contribution in [2.75, 3.05) is 6.61 Å². The number of nitrogens with zero attached hydrogens (tertiary/aromatic N) is 7. The molecule has 2 aliphatic rings. The standard InChI is InChI=1S/C22H29N9O/c1-14-24-20-9-8-16(13-31(20)29-14)25-22(23-12-21-28-27-15(2)30(21)3)26-18-10-11-32-19-7-5-4-6-17(18)19/h4-7,16,18H,8-13H2,1-3H3,(H2,23,25,26). The summed E-state index contributed by atoms with van der Waals surface area (Å²) in [6.45, 7) is 5.77. The molecule has 0 bridgehead atoms. The number of guanidine groups is 1. The maximum atomic E-state index is 5.83. The molecule has 0 amide bonds. The lowest BCUT2D eigenvalue weighted by Crippen LogP contribution is -2.48. The van der Waals surface area contributed by atoms with Gasteiger partial charge in [-0.25, -0.2) is 14.7 Å². The van der Waals surface area contributed by atoms with E-state index in [1.165, 1.54) is 0 Å². The zero-order valence-corrected chi connectivity index (χ0v) is 18.7. The molecule has 3 aromatic rings. The van der Waals surface area contributed by atoms with Gasteiger partial charge in [-0.3, -0.25) is 0 Å². The zero-order valence-electron chi connectivity index (χ0n) is 18.7. The molecule has 2 N–H and O–H groups in total. The number of aryl methyl sites for hydroxylation is 3. The van der Waals surface area contributed by atoms with Crippen molar-refractivity contribution < 1.29 is 4.74 Å². The van der Waals surface area contributed by atoms with Crippen molar-refractivity contribution in [1.29, 1.82) is 0 Å². The van der Waals surface area contributed by atoms with Gasteiger partial charge in [0.2, 0.25) is 0 Å². The topological polar surface area (TPSA) is 107 Å². The Bertz CT molecular complexity index is 1130. The van der Waals surface area contributed by atoms with Crippen molar-refractivity contribution in [3.63, 3.8) is 0 Å². The molecule has 0 aliphatic carbocycles. The Morgan fingerprint density at radius 2 is 2.06 bits per heavy atom. The van der Waals surface area contributed by atoms with Crippen molar-refractivity contribution in [2.24, 2.45) is 12.0 Å². The number of fused-ring (bicyclic) bond motifs is 2. The van der Waals surface area contributed by atoms with Crippen LogP contribution >= 0.6 is 0 Å². The number of aromatic nitrogens is 6. The van der Waals surface area contributed by atoms with Gasteiger partial charge in [0.15, 0.2) is 11.8 Å². The van der Waals surface area contributed by atoms with Crippen LogP contribution in [0, 0.1) is 13.8 Å². The van der Waals surface area contributed by atoms with Crippen LogP contribution in [0.2, 0.25) is 0 Å². The second kappa shape index (κ2) is 8.60. The van der Waals surface area contributed by atoms with Gasteiger partial charge in [0, 0.05) is 31.5 Å². The van der Waals surface area contributed by atoms with Crippen LogP contribution in [0.5, 0.6) is 5.75 Å². The summed E-state index contributed by atoms with van der Waals surface area (Å²) in [6, 6.07) is 8.52. The van der Waals surface area contributed by atoms with E-state index in [4.69, 9.17) is 9.73 Å². The SMILES string of the molecule is Cc1nc2n(n1)CC(NC(=NCc1nnc(C)n1C)NC1CCOc3ccccc31)CC2. The van der Waals surface area contributed by atoms with E-state index < -0.39 is 0 Å². The van der Waals surface area contributed by atoms with Gasteiger partial charge in [-0.1, -0.05) is 18.2 Å². The lowest BCUT2D eigenvalue weighted by molar-refractivity contribution is 0.261. The van der Waals surface area contributed by atoms with Crippen molar-refractivity contribution >= 4 is 5.96 Å². The molecule has 2 unspecified atom stereocenters. The van der Waals surface area contributed by atoms with Gasteiger partial charge >= 0.3 is 0 Å². The van der Waals surface area contributed by atoms with Crippen LogP contribution in [0.25, 0.3) is 0 Å². The third kappa shape index (κ3) is 4.17. The van der Waals surface area contributed by atoms with E-state index in [0.29, 0.717) is 13.2 Å². The molecule has 2 aromatic heterocycles. The molecule has 0 saturated heterocycles. The second-order valence-corrected chi connectivity index (χ2v) is 8.40. The Morgan fingerprint density at radius 1 is 1.19 bits per heavy atom. The van der Waals surface area contributed by atoms with Gasteiger partial charge < -0.3 is 19.9 Å². The van der Waals surface area contributed by atoms with Gasteiger partial charge in [0.25, 0.3) is 0 Å². The third-order valence-electron chi connectivity index (χ3n) is 6.14. The maximum absolute atomic E-state index is 5.83. The zero-order chi connectivity index (χ0) is 22.1. The van der Waals surface area contributed by atoms with Gasteiger partial charge in [-0.2, -0.15) is 5.10 Å². The van der Waals surface area contributed by atoms with Crippen LogP contribution in [0.15, 0.2) is 29.3 Å². The molecule has 32 heavy (non-hydrogen) atoms. The highest BCUT2D eigenvalue weighted by atomic mass is 16.5. The third-order valence-corrected chi connectivity index (χ3v) is 6.14. The average molecular weight is 436 g/mol. The number of para-hydroxylation sites is 1. The van der Waals surface area contributed by atoms with E-state index in [9.17, 15) is 0 Å². The molecule has 4 heterocycles. The number of hydrogen-bond donors (Lipinski definition) is 2. The predicted octanol–water partition coefficient (Wildman–Crippen LogP) is 1.60. The van der Waals surface area contributed by atoms with Crippen molar-refractivity contribution in [1.82, 2.24) is 40.2 Å². The summed E-state index contributed by atoms with van der Waals surface area (Å²) in [6.07, 6.45) is 2.75. The first-order chi connectivity index (χ1) is 15.6. The summed E-state index contributed by atoms with van der Waals surface area (Å²) in [4.78, 5) is 9.39. The van der Waals surface area contributed by atoms with Gasteiger partial charge in [-0.05, 0) is 26.3 Å². The van der Waals surface area contributed by atoms with Gasteiger partial charge in [-0.15, -0.1) is 10.2 Å². The van der Waals surface area contributed by atoms with Crippen LogP contribution in [0.1, 0.15) is 47.7 Å². The Morgan fingerprint density at radius 3 is 2.91 bits per heavy atom. The number of nitrogens with one attached hydrogen (secondary N) is 2. The molecule has 10 nitrogen and oxygen atoms in total. The normalized spacial score (nSPS) is 20.3. The predicted molar refractivity (Wildman–Crippen MR) is 119 cm³/mol. The summed E-state index contributed by atoms with van der Waals surface area (Å²) in [5.41, 5.74) is 1.15. The van der Waals surface area contributed by atoms with Crippen molar-refractivity contribution in [2.45, 2.75) is 58.3 Å². The molecule has 1 aromatic carbocycles. The lowest BCUT2D eigenvalue weighted by Gasteiger charge is -2.30. The van der Waals surface area contributed by atoms with Crippen LogP contribution in [0.4, 0.5) is 0 Å². The summed E-state index contributed by atoms with van der Waals surface area (Å²) in [5, 5.41) is 20.2. The van der Waals surface area contributed by atoms with E-state index in [1.807, 2.05) is 48.3 Å². The van der Waals surface area contributed by atoms with Gasteiger partial charge in [0.1, 0.15) is 29.8 Å². The molecule has 5 rings (SSSR count). The van der Waals surface area contributed by atoms with Crippen LogP contribution in [-0.2, 0) is 26.6 Å². The number of aliphatic imine (C=N–C) groups is 1. The van der Waals surface area contributed by atoms with E-state index in [2.05, 4.69) is 37.0 Å². The summed E-state index contributed by atoms with van der Waals surface area (Å²) in [5.74, 6) is 5.27. The fourth-order valence-electron chi connectivity index (χ4n) is 4.27. The summed E-state index contributed by atoms with van der Waals surface area (Å²) < 4.78 is 9.81. The first-order valence-corrected chi connectivity index (χ1v) is 11.1. The molecule has 10 heteroatoms. The first kappa shape index (κ1) is 20.5. The molecule has 0 radical (unpaired) electrons. The summed E-state index contributed by atoms with van der Waals surface area (Å²) in [7, 11) is 1.96. The van der Waals surface area contributed by atoms with Crippen LogP contribution < -0.4 is 15.4 Å². The number of benzene rings is 1. The van der Waals surface area contributed by atoms with Crippen LogP contribution in [-0.4, -0.2) is 48.1 Å². The molecule has 168 valence electrons. The van der Waals surface area contributed by atoms with Crippen molar-refractivity contribution in [3.05, 3.63) is 53.1 Å². The maximum Gasteiger partial charge on any atom is 0.192 e. The number of hydrogen-bond acceptors (Lipinski definition) is 6. The highest BCUT2D eigenvalue weighted by Crippen LogP contribution is 2.31. The highest BCUT2D eigenvalue weighted by Gasteiger charge is 2.25. The molecular weight excluding hydrogens is 406 g/mol. The first-order valence-electron chi connectivity index (χ1n) is 11.1. The van der Waals surface area contributed by atoms with E-state index >= 15 is 0 Å². The fraction of sp³-hybridized carbons (Fsp3) is 0.500. The monoisotopic (exact) mass is 435 g/mol. The number of rotatable bonds is 4. The Balaban J connectivity index is 1.36. The second-order valence-electron chi connectivity index (χ2n) is 8.40. The lowest BCUT2D eigenvalue weighted by atomic mass is 10.0. The summed E-state index contributed by atoms with van der Waals surface area (Å²) >= 11 is 0. The van der Waals surface area contributed by atoms with E-state index in [1.54, 1.807) is 0 Å². The van der Waals surface area contributed by atoms with Crippen molar-refractivity contribution in [3.8, 4) is 5.75 Å². The Labute approximate surface area is 187 Å². The average Bonchev–Trinajstić information content (AvgIpc) is 3.32. The van der Waals surface area contributed by atoms with Gasteiger partial charge in [0.05, 0.1) is 19.2 Å². The Hall–Kier alpha value is -3.43. The smallest absolute Gasteiger partial charge is 0.192 e. The van der Waals surface area contributed by atoms with E-state index in [-0.39, 0.29) is 12.1 Å². The minimum atomic E-state index is 0.125. The van der Waals surface area contributed by atoms with E-state index in [0.717, 1.165) is 66.4 Å². The molecule has 0 spiro atoms. The molecule has 0 saturated carbocycles. The minimum absolute atomic E-state index is 0.125. The fourth-order valence-corrected chi connectivity index (χ4v) is 4.27. The highest BCUT2D eigenvalue weighted by molar-refractivity contribution is 5.80. The number of ether oxygens (including phenoxy) is 1.